The smallest absolute Gasteiger partial charge is 0.259 e. The monoisotopic (exact) mass is 283 g/mol. The van der Waals surface area contributed by atoms with Crippen molar-refractivity contribution in [1.82, 2.24) is 0 Å². The second kappa shape index (κ2) is 5.24. The maximum Gasteiger partial charge on any atom is 0.259 e. The van der Waals surface area contributed by atoms with Crippen molar-refractivity contribution in [2.45, 2.75) is 0 Å². The Hall–Kier alpha value is -2.14. The SMILES string of the molecule is O=C(Nc1ccc(Cl)cc1F)c1ccc(F)cc1O. The molecule has 2 aromatic carbocycles. The highest BCUT2D eigenvalue weighted by Crippen LogP contribution is 2.22. The predicted molar refractivity (Wildman–Crippen MR) is 67.4 cm³/mol. The molecule has 6 heteroatoms. The molecule has 0 atom stereocenters. The molecule has 0 aromatic heterocycles. The van der Waals surface area contributed by atoms with Crippen molar-refractivity contribution in [1.29, 1.82) is 0 Å². The minimum atomic E-state index is -0.751. The number of phenols is 1. The summed E-state index contributed by atoms with van der Waals surface area (Å²) in [5, 5.41) is 11.9. The molecule has 0 spiro atoms. The van der Waals surface area contributed by atoms with E-state index in [9.17, 15) is 18.7 Å². The first-order chi connectivity index (χ1) is 8.97. The van der Waals surface area contributed by atoms with Gasteiger partial charge in [-0.05, 0) is 30.3 Å². The van der Waals surface area contributed by atoms with E-state index in [0.29, 0.717) is 0 Å². The summed E-state index contributed by atoms with van der Waals surface area (Å²) in [6, 6.07) is 6.66. The van der Waals surface area contributed by atoms with E-state index in [4.69, 9.17) is 11.6 Å². The number of amides is 1. The summed E-state index contributed by atoms with van der Waals surface area (Å²) < 4.78 is 26.2. The number of carbonyl (C=O) groups is 1. The summed E-state index contributed by atoms with van der Waals surface area (Å²) in [7, 11) is 0. The van der Waals surface area contributed by atoms with Gasteiger partial charge in [0.1, 0.15) is 17.4 Å². The highest BCUT2D eigenvalue weighted by molar-refractivity contribution is 6.30. The van der Waals surface area contributed by atoms with Crippen LogP contribution < -0.4 is 5.32 Å². The number of benzene rings is 2. The zero-order chi connectivity index (χ0) is 14.0. The Morgan fingerprint density at radius 3 is 2.53 bits per heavy atom. The molecule has 0 fully saturated rings. The zero-order valence-corrected chi connectivity index (χ0v) is 10.2. The van der Waals surface area contributed by atoms with Gasteiger partial charge >= 0.3 is 0 Å². The number of hydrogen-bond acceptors (Lipinski definition) is 2. The third-order valence-corrected chi connectivity index (χ3v) is 2.62. The van der Waals surface area contributed by atoms with Crippen LogP contribution >= 0.6 is 11.6 Å². The Labute approximate surface area is 112 Å². The minimum absolute atomic E-state index is 0.0851. The van der Waals surface area contributed by atoms with Gasteiger partial charge in [0.15, 0.2) is 0 Å². The molecule has 0 aliphatic rings. The molecule has 0 saturated heterocycles. The molecule has 19 heavy (non-hydrogen) atoms. The van der Waals surface area contributed by atoms with Crippen LogP contribution in [0.4, 0.5) is 14.5 Å². The van der Waals surface area contributed by atoms with Crippen LogP contribution in [0, 0.1) is 11.6 Å². The fraction of sp³-hybridized carbons (Fsp3) is 0. The molecule has 2 N–H and O–H groups in total. The van der Waals surface area contributed by atoms with Crippen LogP contribution in [0.3, 0.4) is 0 Å². The van der Waals surface area contributed by atoms with Gasteiger partial charge in [-0.2, -0.15) is 0 Å². The fourth-order valence-corrected chi connectivity index (χ4v) is 1.64. The second-order valence-corrected chi connectivity index (χ2v) is 4.18. The van der Waals surface area contributed by atoms with E-state index in [1.165, 1.54) is 12.1 Å². The van der Waals surface area contributed by atoms with E-state index in [-0.39, 0.29) is 16.3 Å². The lowest BCUT2D eigenvalue weighted by atomic mass is 10.1. The molecule has 0 aliphatic heterocycles. The van der Waals surface area contributed by atoms with Gasteiger partial charge in [-0.15, -0.1) is 0 Å². The van der Waals surface area contributed by atoms with E-state index < -0.39 is 23.3 Å². The number of phenolic OH excluding ortho intramolecular Hbond substituents is 1. The van der Waals surface area contributed by atoms with Crippen LogP contribution in [0.1, 0.15) is 10.4 Å². The van der Waals surface area contributed by atoms with Crippen LogP contribution in [-0.4, -0.2) is 11.0 Å². The number of halogens is 3. The lowest BCUT2D eigenvalue weighted by Crippen LogP contribution is -2.13. The van der Waals surface area contributed by atoms with Gasteiger partial charge in [0.25, 0.3) is 5.91 Å². The normalized spacial score (nSPS) is 10.3. The number of carbonyl (C=O) groups excluding carboxylic acids is 1. The number of aromatic hydroxyl groups is 1. The van der Waals surface area contributed by atoms with Gasteiger partial charge in [0.2, 0.25) is 0 Å². The molecular weight excluding hydrogens is 276 g/mol. The van der Waals surface area contributed by atoms with Crippen molar-refractivity contribution in [2.75, 3.05) is 5.32 Å². The number of nitrogens with one attached hydrogen (secondary N) is 1. The Morgan fingerprint density at radius 2 is 1.89 bits per heavy atom. The van der Waals surface area contributed by atoms with Gasteiger partial charge in [-0.25, -0.2) is 8.78 Å². The Morgan fingerprint density at radius 1 is 1.16 bits per heavy atom. The first-order valence-electron chi connectivity index (χ1n) is 5.22. The molecule has 2 aromatic rings. The molecule has 0 unspecified atom stereocenters. The van der Waals surface area contributed by atoms with Gasteiger partial charge in [0, 0.05) is 11.1 Å². The van der Waals surface area contributed by atoms with E-state index in [2.05, 4.69) is 5.32 Å². The highest BCUT2D eigenvalue weighted by Gasteiger charge is 2.14. The van der Waals surface area contributed by atoms with Gasteiger partial charge in [-0.3, -0.25) is 4.79 Å². The van der Waals surface area contributed by atoms with Gasteiger partial charge in [0.05, 0.1) is 11.3 Å². The zero-order valence-electron chi connectivity index (χ0n) is 9.45. The van der Waals surface area contributed by atoms with Crippen LogP contribution in [0.2, 0.25) is 5.02 Å². The molecule has 3 nitrogen and oxygen atoms in total. The quantitative estimate of drug-likeness (QED) is 0.885. The summed E-state index contributed by atoms with van der Waals surface area (Å²) in [6.45, 7) is 0. The van der Waals surface area contributed by atoms with E-state index in [0.717, 1.165) is 24.3 Å². The maximum absolute atomic E-state index is 13.5. The average Bonchev–Trinajstić information content (AvgIpc) is 2.32. The number of rotatable bonds is 2. The topological polar surface area (TPSA) is 49.3 Å². The Kier molecular flexibility index (Phi) is 3.66. The van der Waals surface area contributed by atoms with Crippen molar-refractivity contribution >= 4 is 23.2 Å². The largest absolute Gasteiger partial charge is 0.507 e. The Balaban J connectivity index is 2.25. The third-order valence-electron chi connectivity index (χ3n) is 2.38. The summed E-state index contributed by atoms with van der Waals surface area (Å²) >= 11 is 5.58. The van der Waals surface area contributed by atoms with Crippen LogP contribution in [-0.2, 0) is 0 Å². The third kappa shape index (κ3) is 3.00. The lowest BCUT2D eigenvalue weighted by molar-refractivity contribution is 0.102. The molecule has 0 aliphatic carbocycles. The molecule has 0 heterocycles. The number of hydrogen-bond donors (Lipinski definition) is 2. The van der Waals surface area contributed by atoms with Gasteiger partial charge < -0.3 is 10.4 Å². The highest BCUT2D eigenvalue weighted by atomic mass is 35.5. The Bertz CT molecular complexity index is 647. The average molecular weight is 284 g/mol. The standard InChI is InChI=1S/C13H8ClF2NO2/c14-7-1-4-11(10(16)5-7)17-13(19)9-3-2-8(15)6-12(9)18/h1-6,18H,(H,17,19). The number of anilines is 1. The first kappa shape index (κ1) is 13.3. The van der Waals surface area contributed by atoms with E-state index in [1.54, 1.807) is 0 Å². The lowest BCUT2D eigenvalue weighted by Gasteiger charge is -2.08. The second-order valence-electron chi connectivity index (χ2n) is 3.74. The molecular formula is C13H8ClF2NO2. The summed E-state index contributed by atoms with van der Waals surface area (Å²) in [5.41, 5.74) is -0.242. The predicted octanol–water partition coefficient (Wildman–Crippen LogP) is 3.58. The molecule has 2 rings (SSSR count). The molecule has 98 valence electrons. The van der Waals surface area contributed by atoms with E-state index >= 15 is 0 Å². The maximum atomic E-state index is 13.5. The molecule has 0 bridgehead atoms. The van der Waals surface area contributed by atoms with Crippen molar-refractivity contribution < 1.29 is 18.7 Å². The molecule has 0 radical (unpaired) electrons. The van der Waals surface area contributed by atoms with Crippen molar-refractivity contribution in [3.8, 4) is 5.75 Å². The fourth-order valence-electron chi connectivity index (χ4n) is 1.48. The van der Waals surface area contributed by atoms with Crippen molar-refractivity contribution in [3.63, 3.8) is 0 Å². The molecule has 1 amide bonds. The van der Waals surface area contributed by atoms with Crippen molar-refractivity contribution in [3.05, 3.63) is 58.6 Å². The summed E-state index contributed by atoms with van der Waals surface area (Å²) in [6.07, 6.45) is 0. The molecule has 0 saturated carbocycles. The van der Waals surface area contributed by atoms with Crippen LogP contribution in [0.25, 0.3) is 0 Å². The van der Waals surface area contributed by atoms with Gasteiger partial charge in [-0.1, -0.05) is 11.6 Å². The van der Waals surface area contributed by atoms with Crippen LogP contribution in [0.15, 0.2) is 36.4 Å². The van der Waals surface area contributed by atoms with E-state index in [1.807, 2.05) is 0 Å². The summed E-state index contributed by atoms with van der Waals surface area (Å²) in [5.74, 6) is -2.65. The summed E-state index contributed by atoms with van der Waals surface area (Å²) in [4.78, 5) is 11.8. The van der Waals surface area contributed by atoms with Crippen molar-refractivity contribution in [2.24, 2.45) is 0 Å². The minimum Gasteiger partial charge on any atom is -0.507 e. The first-order valence-corrected chi connectivity index (χ1v) is 5.60. The van der Waals surface area contributed by atoms with Crippen LogP contribution in [0.5, 0.6) is 5.75 Å².